The molecule has 0 bridgehead atoms. The minimum absolute atomic E-state index is 0.0780. The Labute approximate surface area is 153 Å². The molecular formula is C17H17N5O3S. The lowest BCUT2D eigenvalue weighted by atomic mass is 10.1. The van der Waals surface area contributed by atoms with Gasteiger partial charge in [0.1, 0.15) is 12.3 Å². The molecule has 0 unspecified atom stereocenters. The van der Waals surface area contributed by atoms with Crippen LogP contribution in [0.5, 0.6) is 0 Å². The molecular weight excluding hydrogens is 354 g/mol. The van der Waals surface area contributed by atoms with E-state index in [0.717, 1.165) is 17.7 Å². The smallest absolute Gasteiger partial charge is 0.263 e. The SMILES string of the molecule is O=C(c1cccs1)N1CCC(OCc2nc(-c3cnccn3)no2)CC1. The molecule has 134 valence electrons. The second kappa shape index (κ2) is 7.71. The number of carbonyl (C=O) groups is 1. The molecule has 3 aromatic rings. The summed E-state index contributed by atoms with van der Waals surface area (Å²) in [4.78, 5) is 27.4. The lowest BCUT2D eigenvalue weighted by Gasteiger charge is -2.31. The molecule has 0 spiro atoms. The molecule has 8 nitrogen and oxygen atoms in total. The molecule has 4 heterocycles. The number of likely N-dealkylation sites (tertiary alicyclic amines) is 1. The Morgan fingerprint density at radius 1 is 1.35 bits per heavy atom. The summed E-state index contributed by atoms with van der Waals surface area (Å²) >= 11 is 1.47. The van der Waals surface area contributed by atoms with Crippen LogP contribution >= 0.6 is 11.3 Å². The Balaban J connectivity index is 1.26. The lowest BCUT2D eigenvalue weighted by Crippen LogP contribution is -2.40. The van der Waals surface area contributed by atoms with Gasteiger partial charge in [0.15, 0.2) is 0 Å². The quantitative estimate of drug-likeness (QED) is 0.680. The second-order valence-corrected chi connectivity index (χ2v) is 6.83. The van der Waals surface area contributed by atoms with Crippen LogP contribution in [0.15, 0.2) is 40.6 Å². The predicted octanol–water partition coefficient (Wildman–Crippen LogP) is 2.41. The molecule has 1 fully saturated rings. The van der Waals surface area contributed by atoms with Gasteiger partial charge in [0, 0.05) is 25.5 Å². The van der Waals surface area contributed by atoms with Crippen LogP contribution in [0.2, 0.25) is 0 Å². The monoisotopic (exact) mass is 371 g/mol. The average molecular weight is 371 g/mol. The summed E-state index contributed by atoms with van der Waals surface area (Å²) in [7, 11) is 0. The molecule has 1 aliphatic heterocycles. The normalized spacial score (nSPS) is 15.3. The third kappa shape index (κ3) is 3.78. The Bertz CT molecular complexity index is 844. The summed E-state index contributed by atoms with van der Waals surface area (Å²) in [5.74, 6) is 0.903. The number of hydrogen-bond acceptors (Lipinski definition) is 8. The van der Waals surface area contributed by atoms with Crippen LogP contribution in [0.4, 0.5) is 0 Å². The minimum Gasteiger partial charge on any atom is -0.368 e. The molecule has 4 rings (SSSR count). The topological polar surface area (TPSA) is 94.2 Å². The van der Waals surface area contributed by atoms with E-state index in [1.807, 2.05) is 22.4 Å². The van der Waals surface area contributed by atoms with Crippen LogP contribution in [-0.2, 0) is 11.3 Å². The molecule has 0 saturated carbocycles. The van der Waals surface area contributed by atoms with Crippen molar-refractivity contribution in [1.82, 2.24) is 25.0 Å². The van der Waals surface area contributed by atoms with Crippen molar-refractivity contribution in [2.75, 3.05) is 13.1 Å². The van der Waals surface area contributed by atoms with Crippen LogP contribution in [-0.4, -0.2) is 50.1 Å². The average Bonchev–Trinajstić information content (AvgIpc) is 3.39. The molecule has 0 atom stereocenters. The van der Waals surface area contributed by atoms with Gasteiger partial charge in [-0.25, -0.2) is 4.98 Å². The van der Waals surface area contributed by atoms with Crippen molar-refractivity contribution in [3.8, 4) is 11.5 Å². The Kier molecular flexibility index (Phi) is 4.98. The fraction of sp³-hybridized carbons (Fsp3) is 0.353. The summed E-state index contributed by atoms with van der Waals surface area (Å²) in [6, 6.07) is 3.76. The van der Waals surface area contributed by atoms with Crippen LogP contribution in [0, 0.1) is 0 Å². The summed E-state index contributed by atoms with van der Waals surface area (Å²) in [6.45, 7) is 1.63. The van der Waals surface area contributed by atoms with Gasteiger partial charge < -0.3 is 14.2 Å². The van der Waals surface area contributed by atoms with E-state index in [-0.39, 0.29) is 18.6 Å². The molecule has 3 aromatic heterocycles. The first kappa shape index (κ1) is 16.8. The van der Waals surface area contributed by atoms with Crippen LogP contribution in [0.25, 0.3) is 11.5 Å². The highest BCUT2D eigenvalue weighted by Crippen LogP contribution is 2.20. The summed E-state index contributed by atoms with van der Waals surface area (Å²) in [6.07, 6.45) is 6.41. The zero-order chi connectivity index (χ0) is 17.8. The van der Waals surface area contributed by atoms with E-state index in [1.54, 1.807) is 18.6 Å². The molecule has 1 amide bonds. The van der Waals surface area contributed by atoms with Crippen molar-refractivity contribution >= 4 is 17.2 Å². The number of rotatable bonds is 5. The van der Waals surface area contributed by atoms with Crippen LogP contribution < -0.4 is 0 Å². The van der Waals surface area contributed by atoms with Gasteiger partial charge in [0.25, 0.3) is 11.8 Å². The second-order valence-electron chi connectivity index (χ2n) is 5.88. The fourth-order valence-corrected chi connectivity index (χ4v) is 3.49. The first-order valence-corrected chi connectivity index (χ1v) is 9.21. The maximum atomic E-state index is 12.3. The molecule has 0 aromatic carbocycles. The number of aromatic nitrogens is 4. The number of carbonyl (C=O) groups excluding carboxylic acids is 1. The number of hydrogen-bond donors (Lipinski definition) is 0. The van der Waals surface area contributed by atoms with Gasteiger partial charge in [-0.2, -0.15) is 4.98 Å². The molecule has 1 aliphatic rings. The van der Waals surface area contributed by atoms with Crippen molar-refractivity contribution in [3.63, 3.8) is 0 Å². The number of thiophene rings is 1. The van der Waals surface area contributed by atoms with Gasteiger partial charge in [-0.05, 0) is 24.3 Å². The van der Waals surface area contributed by atoms with Gasteiger partial charge >= 0.3 is 0 Å². The minimum atomic E-state index is 0.0780. The molecule has 9 heteroatoms. The molecule has 0 radical (unpaired) electrons. The standard InChI is InChI=1S/C17H17N5O3S/c23-17(14-2-1-9-26-14)22-7-3-12(4-8-22)24-11-15-20-16(21-25-15)13-10-18-5-6-19-13/h1-2,5-6,9-10,12H,3-4,7-8,11H2. The van der Waals surface area contributed by atoms with E-state index in [9.17, 15) is 4.79 Å². The Hall–Kier alpha value is -2.65. The third-order valence-electron chi connectivity index (χ3n) is 4.16. The van der Waals surface area contributed by atoms with Gasteiger partial charge in [0.2, 0.25) is 5.82 Å². The summed E-state index contributed by atoms with van der Waals surface area (Å²) < 4.78 is 11.1. The summed E-state index contributed by atoms with van der Waals surface area (Å²) in [5, 5.41) is 5.81. The number of ether oxygens (including phenoxy) is 1. The van der Waals surface area contributed by atoms with Crippen LogP contribution in [0.1, 0.15) is 28.4 Å². The first-order valence-electron chi connectivity index (χ1n) is 8.33. The summed E-state index contributed by atoms with van der Waals surface area (Å²) in [5.41, 5.74) is 0.558. The van der Waals surface area contributed by atoms with Gasteiger partial charge in [-0.3, -0.25) is 9.78 Å². The maximum Gasteiger partial charge on any atom is 0.263 e. The van der Waals surface area contributed by atoms with Crippen molar-refractivity contribution in [1.29, 1.82) is 0 Å². The van der Waals surface area contributed by atoms with E-state index in [0.29, 0.717) is 30.5 Å². The van der Waals surface area contributed by atoms with Gasteiger partial charge in [-0.15, -0.1) is 11.3 Å². The Morgan fingerprint density at radius 3 is 2.96 bits per heavy atom. The van der Waals surface area contributed by atoms with Crippen molar-refractivity contribution in [2.24, 2.45) is 0 Å². The van der Waals surface area contributed by atoms with E-state index in [4.69, 9.17) is 9.26 Å². The molecule has 0 aliphatic carbocycles. The number of nitrogens with zero attached hydrogens (tertiary/aromatic N) is 5. The third-order valence-corrected chi connectivity index (χ3v) is 5.02. The molecule has 26 heavy (non-hydrogen) atoms. The van der Waals surface area contributed by atoms with E-state index >= 15 is 0 Å². The van der Waals surface area contributed by atoms with E-state index in [2.05, 4.69) is 20.1 Å². The zero-order valence-electron chi connectivity index (χ0n) is 13.9. The first-order chi connectivity index (χ1) is 12.8. The maximum absolute atomic E-state index is 12.3. The zero-order valence-corrected chi connectivity index (χ0v) is 14.8. The van der Waals surface area contributed by atoms with Crippen molar-refractivity contribution < 1.29 is 14.1 Å². The van der Waals surface area contributed by atoms with Crippen molar-refractivity contribution in [2.45, 2.75) is 25.6 Å². The highest BCUT2D eigenvalue weighted by molar-refractivity contribution is 7.12. The molecule has 1 saturated heterocycles. The van der Waals surface area contributed by atoms with E-state index in [1.165, 1.54) is 11.3 Å². The lowest BCUT2D eigenvalue weighted by molar-refractivity contribution is -0.00969. The largest absolute Gasteiger partial charge is 0.368 e. The van der Waals surface area contributed by atoms with Crippen LogP contribution in [0.3, 0.4) is 0 Å². The highest BCUT2D eigenvalue weighted by atomic mass is 32.1. The van der Waals surface area contributed by atoms with Gasteiger partial charge in [0.05, 0.1) is 17.2 Å². The number of piperidine rings is 1. The molecule has 0 N–H and O–H groups in total. The number of amides is 1. The Morgan fingerprint density at radius 2 is 2.23 bits per heavy atom. The van der Waals surface area contributed by atoms with Gasteiger partial charge in [-0.1, -0.05) is 11.2 Å². The van der Waals surface area contributed by atoms with E-state index < -0.39 is 0 Å². The predicted molar refractivity (Wildman–Crippen MR) is 93.4 cm³/mol. The van der Waals surface area contributed by atoms with Crippen molar-refractivity contribution in [3.05, 3.63) is 46.9 Å². The fourth-order valence-electron chi connectivity index (χ4n) is 2.80. The highest BCUT2D eigenvalue weighted by Gasteiger charge is 2.25.